The third-order valence-electron chi connectivity index (χ3n) is 6.78. The number of benzene rings is 1. The van der Waals surface area contributed by atoms with Gasteiger partial charge in [0.25, 0.3) is 0 Å². The zero-order valence-corrected chi connectivity index (χ0v) is 17.9. The largest absolute Gasteiger partial charge is 0.362 e. The number of allylic oxidation sites excluding steroid dienone is 2. The van der Waals surface area contributed by atoms with Crippen molar-refractivity contribution in [3.05, 3.63) is 65.1 Å². The smallest absolute Gasteiger partial charge is 0.164 e. The molecule has 0 radical (unpaired) electrons. The molecule has 3 aliphatic rings. The van der Waals surface area contributed by atoms with Gasteiger partial charge in [0.15, 0.2) is 11.9 Å². The molecule has 5 rings (SSSR count). The van der Waals surface area contributed by atoms with Gasteiger partial charge in [0, 0.05) is 42.1 Å². The van der Waals surface area contributed by atoms with Crippen LogP contribution in [0.25, 0.3) is 11.3 Å². The van der Waals surface area contributed by atoms with E-state index in [9.17, 15) is 4.79 Å². The molecule has 1 aliphatic carbocycles. The number of hydrogen-bond donors (Lipinski definition) is 1. The molecule has 2 atom stereocenters. The number of hydrogen-bond acceptors (Lipinski definition) is 5. The third-order valence-corrected chi connectivity index (χ3v) is 6.78. The molecule has 1 N–H and O–H groups in total. The summed E-state index contributed by atoms with van der Waals surface area (Å²) >= 11 is 0. The number of fused-ring (bicyclic) bond motifs is 1. The van der Waals surface area contributed by atoms with Gasteiger partial charge >= 0.3 is 0 Å². The second-order valence-corrected chi connectivity index (χ2v) is 9.34. The molecule has 0 fully saturated rings. The number of aromatic nitrogens is 2. The van der Waals surface area contributed by atoms with Crippen molar-refractivity contribution in [3.8, 4) is 11.3 Å². The molecule has 1 aromatic carbocycles. The van der Waals surface area contributed by atoms with Crippen molar-refractivity contribution in [2.75, 3.05) is 0 Å². The molecule has 0 amide bonds. The molecular weight excluding hydrogens is 374 g/mol. The van der Waals surface area contributed by atoms with Gasteiger partial charge in [0.1, 0.15) is 0 Å². The molecule has 3 heterocycles. The van der Waals surface area contributed by atoms with Crippen LogP contribution < -0.4 is 5.32 Å². The summed E-state index contributed by atoms with van der Waals surface area (Å²) in [7, 11) is 1.95. The van der Waals surface area contributed by atoms with Crippen LogP contribution >= 0.6 is 0 Å². The van der Waals surface area contributed by atoms with E-state index in [1.165, 1.54) is 0 Å². The number of nitrogens with zero attached hydrogens (tertiary/aromatic N) is 4. The topological polar surface area (TPSA) is 71.6 Å². The molecule has 0 bridgehead atoms. The minimum atomic E-state index is -0.517. The van der Waals surface area contributed by atoms with Gasteiger partial charge in [-0.2, -0.15) is 15.3 Å². The maximum Gasteiger partial charge on any atom is 0.164 e. The summed E-state index contributed by atoms with van der Waals surface area (Å²) in [5.41, 5.74) is 5.69. The average Bonchev–Trinajstić information content (AvgIpc) is 3.34. The fourth-order valence-corrected chi connectivity index (χ4v) is 5.49. The Balaban J connectivity index is 1.75. The van der Waals surface area contributed by atoms with Crippen LogP contribution in [0.2, 0.25) is 0 Å². The van der Waals surface area contributed by atoms with E-state index in [1.807, 2.05) is 30.2 Å². The summed E-state index contributed by atoms with van der Waals surface area (Å²) in [6, 6.07) is 10.5. The number of carbonyl (C=O) groups is 1. The lowest BCUT2D eigenvalue weighted by Gasteiger charge is -2.47. The number of carbonyl (C=O) groups excluding carboxylic acids is 1. The van der Waals surface area contributed by atoms with Crippen LogP contribution in [0.15, 0.2) is 69.8 Å². The number of rotatable bonds is 3. The quantitative estimate of drug-likeness (QED) is 0.813. The standard InChI is InChI=1S/C24H27N5O/c1-5-24(16-8-6-7-15(11-16)19-9-10-26-29(19)4)17-14-25-28-22(17)27-18-12-23(2,3)13-20(30)21(18)24/h6-11,14,22,27H,5,12-13H2,1-4H3. The fraction of sp³-hybridized carbons (Fsp3) is 0.417. The Kier molecular flexibility index (Phi) is 4.10. The van der Waals surface area contributed by atoms with Crippen LogP contribution in [-0.2, 0) is 17.3 Å². The Hall–Kier alpha value is -3.02. The Morgan fingerprint density at radius 3 is 2.80 bits per heavy atom. The van der Waals surface area contributed by atoms with Gasteiger partial charge in [-0.15, -0.1) is 0 Å². The highest BCUT2D eigenvalue weighted by atomic mass is 16.1. The van der Waals surface area contributed by atoms with Crippen LogP contribution in [0, 0.1) is 5.41 Å². The second kappa shape index (κ2) is 6.49. The third kappa shape index (κ3) is 2.62. The summed E-state index contributed by atoms with van der Waals surface area (Å²) < 4.78 is 1.88. The number of Topliss-reactive ketones (excluding diaryl/α,β-unsaturated/α-hetero) is 1. The number of ketones is 1. The van der Waals surface area contributed by atoms with Crippen molar-refractivity contribution in [2.24, 2.45) is 22.7 Å². The zero-order chi connectivity index (χ0) is 21.1. The number of azo groups is 1. The SMILES string of the molecule is CCC1(c2cccc(-c3ccnn3C)c2)C2=CN=NC2NC2=C1C(=O)CC(C)(C)C2. The minimum Gasteiger partial charge on any atom is -0.362 e. The molecule has 0 saturated carbocycles. The Morgan fingerprint density at radius 1 is 1.23 bits per heavy atom. The number of aryl methyl sites for hydroxylation is 1. The summed E-state index contributed by atoms with van der Waals surface area (Å²) in [5.74, 6) is 0.229. The van der Waals surface area contributed by atoms with Crippen LogP contribution in [0.5, 0.6) is 0 Å². The predicted molar refractivity (Wildman–Crippen MR) is 116 cm³/mol. The highest BCUT2D eigenvalue weighted by molar-refractivity contribution is 6.01. The second-order valence-electron chi connectivity index (χ2n) is 9.34. The van der Waals surface area contributed by atoms with Crippen LogP contribution in [-0.4, -0.2) is 21.7 Å². The molecule has 30 heavy (non-hydrogen) atoms. The van der Waals surface area contributed by atoms with Crippen molar-refractivity contribution in [1.29, 1.82) is 0 Å². The fourth-order valence-electron chi connectivity index (χ4n) is 5.49. The van der Waals surface area contributed by atoms with E-state index in [1.54, 1.807) is 0 Å². The Morgan fingerprint density at radius 2 is 2.07 bits per heavy atom. The van der Waals surface area contributed by atoms with E-state index in [0.29, 0.717) is 6.42 Å². The van der Waals surface area contributed by atoms with Gasteiger partial charge in [-0.3, -0.25) is 9.48 Å². The first-order chi connectivity index (χ1) is 14.4. The van der Waals surface area contributed by atoms with E-state index in [-0.39, 0.29) is 17.4 Å². The molecule has 6 nitrogen and oxygen atoms in total. The molecule has 2 unspecified atom stereocenters. The predicted octanol–water partition coefficient (Wildman–Crippen LogP) is 4.66. The molecular formula is C24H27N5O. The van der Waals surface area contributed by atoms with Gasteiger partial charge in [0.2, 0.25) is 0 Å². The van der Waals surface area contributed by atoms with Crippen LogP contribution in [0.1, 0.15) is 45.6 Å². The lowest BCUT2D eigenvalue weighted by molar-refractivity contribution is -0.119. The zero-order valence-electron chi connectivity index (χ0n) is 17.9. The van der Waals surface area contributed by atoms with Gasteiger partial charge in [-0.05, 0) is 36.0 Å². The summed E-state index contributed by atoms with van der Waals surface area (Å²) in [6.07, 6.45) is 5.64. The Labute approximate surface area is 176 Å². The van der Waals surface area contributed by atoms with Crippen LogP contribution in [0.4, 0.5) is 0 Å². The molecule has 2 aromatic rings. The maximum absolute atomic E-state index is 13.5. The van der Waals surface area contributed by atoms with E-state index < -0.39 is 5.41 Å². The van der Waals surface area contributed by atoms with E-state index in [0.717, 1.165) is 46.5 Å². The van der Waals surface area contributed by atoms with E-state index >= 15 is 0 Å². The van der Waals surface area contributed by atoms with Gasteiger partial charge in [0.05, 0.1) is 17.3 Å². The lowest BCUT2D eigenvalue weighted by Crippen LogP contribution is -2.51. The monoisotopic (exact) mass is 401 g/mol. The van der Waals surface area contributed by atoms with Crippen molar-refractivity contribution in [2.45, 2.75) is 51.6 Å². The van der Waals surface area contributed by atoms with E-state index in [4.69, 9.17) is 0 Å². The highest BCUT2D eigenvalue weighted by Gasteiger charge is 2.52. The molecule has 0 spiro atoms. The molecule has 2 aliphatic heterocycles. The average molecular weight is 402 g/mol. The van der Waals surface area contributed by atoms with Gasteiger partial charge in [-0.25, -0.2) is 0 Å². The van der Waals surface area contributed by atoms with Crippen molar-refractivity contribution in [1.82, 2.24) is 15.1 Å². The van der Waals surface area contributed by atoms with Crippen molar-refractivity contribution in [3.63, 3.8) is 0 Å². The van der Waals surface area contributed by atoms with Gasteiger partial charge < -0.3 is 5.32 Å². The first kappa shape index (κ1) is 19.0. The molecule has 0 saturated heterocycles. The van der Waals surface area contributed by atoms with Gasteiger partial charge in [-0.1, -0.05) is 39.0 Å². The molecule has 1 aromatic heterocycles. The summed E-state index contributed by atoms with van der Waals surface area (Å²) in [4.78, 5) is 13.5. The lowest BCUT2D eigenvalue weighted by atomic mass is 9.58. The highest BCUT2D eigenvalue weighted by Crippen LogP contribution is 2.53. The normalized spacial score (nSPS) is 26.9. The maximum atomic E-state index is 13.5. The molecule has 154 valence electrons. The summed E-state index contributed by atoms with van der Waals surface area (Å²) in [5, 5.41) is 16.5. The first-order valence-electron chi connectivity index (χ1n) is 10.6. The minimum absolute atomic E-state index is 0.0596. The first-order valence-corrected chi connectivity index (χ1v) is 10.6. The van der Waals surface area contributed by atoms with Crippen molar-refractivity contribution < 1.29 is 4.79 Å². The Bertz CT molecular complexity index is 1140. The molecule has 6 heteroatoms. The van der Waals surface area contributed by atoms with E-state index in [2.05, 4.69) is 65.7 Å². The van der Waals surface area contributed by atoms with Crippen LogP contribution in [0.3, 0.4) is 0 Å². The van der Waals surface area contributed by atoms with Crippen molar-refractivity contribution >= 4 is 5.78 Å². The summed E-state index contributed by atoms with van der Waals surface area (Å²) in [6.45, 7) is 6.49. The number of nitrogens with one attached hydrogen (secondary N) is 1.